The Morgan fingerprint density at radius 3 is 2.62 bits per heavy atom. The standard InChI is InChI=1S/C16H20N2O2.ClH/c1-11-5-4-6-13(7-11)16(2,3)18-15(19)12-8-14(9-17)20-10-12;/h4-8,10H,9,17H2,1-3H3,(H,18,19);1H. The van der Waals surface area contributed by atoms with E-state index in [1.54, 1.807) is 6.07 Å². The Morgan fingerprint density at radius 2 is 2.05 bits per heavy atom. The molecule has 0 spiro atoms. The fourth-order valence-corrected chi connectivity index (χ4v) is 2.07. The second kappa shape index (κ2) is 6.78. The molecule has 0 bridgehead atoms. The summed E-state index contributed by atoms with van der Waals surface area (Å²) in [4.78, 5) is 12.2. The summed E-state index contributed by atoms with van der Waals surface area (Å²) in [6, 6.07) is 9.77. The van der Waals surface area contributed by atoms with Crippen LogP contribution in [0.15, 0.2) is 41.0 Å². The number of aryl methyl sites for hydroxylation is 1. The van der Waals surface area contributed by atoms with Gasteiger partial charge in [0, 0.05) is 0 Å². The quantitative estimate of drug-likeness (QED) is 0.911. The number of benzene rings is 1. The molecule has 21 heavy (non-hydrogen) atoms. The molecule has 0 saturated carbocycles. The van der Waals surface area contributed by atoms with Crippen LogP contribution in [0.3, 0.4) is 0 Å². The van der Waals surface area contributed by atoms with E-state index < -0.39 is 5.54 Å². The molecule has 0 saturated heterocycles. The number of hydrogen-bond acceptors (Lipinski definition) is 3. The van der Waals surface area contributed by atoms with Crippen molar-refractivity contribution in [2.45, 2.75) is 32.9 Å². The van der Waals surface area contributed by atoms with E-state index >= 15 is 0 Å². The molecule has 1 amide bonds. The highest BCUT2D eigenvalue weighted by Crippen LogP contribution is 2.21. The van der Waals surface area contributed by atoms with E-state index in [0.717, 1.165) is 5.56 Å². The predicted molar refractivity (Wildman–Crippen MR) is 85.5 cm³/mol. The van der Waals surface area contributed by atoms with Gasteiger partial charge in [-0.15, -0.1) is 12.4 Å². The molecule has 5 heteroatoms. The van der Waals surface area contributed by atoms with Crippen molar-refractivity contribution in [3.8, 4) is 0 Å². The molecule has 0 aliphatic rings. The minimum Gasteiger partial charge on any atom is -0.467 e. The van der Waals surface area contributed by atoms with Gasteiger partial charge in [0.15, 0.2) is 0 Å². The molecule has 1 aromatic heterocycles. The van der Waals surface area contributed by atoms with Crippen LogP contribution in [0.25, 0.3) is 0 Å². The first kappa shape index (κ1) is 17.3. The highest BCUT2D eigenvalue weighted by atomic mass is 35.5. The van der Waals surface area contributed by atoms with Crippen molar-refractivity contribution in [3.63, 3.8) is 0 Å². The molecule has 0 aliphatic heterocycles. The number of carbonyl (C=O) groups is 1. The lowest BCUT2D eigenvalue weighted by Gasteiger charge is -2.27. The predicted octanol–water partition coefficient (Wildman–Crippen LogP) is 3.13. The molecule has 4 nitrogen and oxygen atoms in total. The molecule has 0 fully saturated rings. The number of rotatable bonds is 4. The third kappa shape index (κ3) is 4.09. The molecule has 2 aromatic rings. The zero-order valence-corrected chi connectivity index (χ0v) is 13.3. The van der Waals surface area contributed by atoms with Crippen LogP contribution < -0.4 is 11.1 Å². The molecule has 114 valence electrons. The van der Waals surface area contributed by atoms with E-state index in [9.17, 15) is 4.79 Å². The van der Waals surface area contributed by atoms with Gasteiger partial charge in [-0.3, -0.25) is 4.79 Å². The number of halogens is 1. The Labute approximate surface area is 131 Å². The van der Waals surface area contributed by atoms with Gasteiger partial charge < -0.3 is 15.5 Å². The van der Waals surface area contributed by atoms with E-state index in [2.05, 4.69) is 11.4 Å². The van der Waals surface area contributed by atoms with Crippen LogP contribution in [0, 0.1) is 6.92 Å². The van der Waals surface area contributed by atoms with Gasteiger partial charge >= 0.3 is 0 Å². The second-order valence-electron chi connectivity index (χ2n) is 5.45. The lowest BCUT2D eigenvalue weighted by molar-refractivity contribution is 0.0911. The first-order chi connectivity index (χ1) is 9.42. The Morgan fingerprint density at radius 1 is 1.33 bits per heavy atom. The van der Waals surface area contributed by atoms with Gasteiger partial charge in [0.1, 0.15) is 12.0 Å². The molecule has 2 rings (SSSR count). The fraction of sp³-hybridized carbons (Fsp3) is 0.312. The van der Waals surface area contributed by atoms with Crippen molar-refractivity contribution in [2.24, 2.45) is 5.73 Å². The van der Waals surface area contributed by atoms with Gasteiger partial charge in [0.2, 0.25) is 0 Å². The monoisotopic (exact) mass is 308 g/mol. The van der Waals surface area contributed by atoms with Crippen LogP contribution in [0.1, 0.15) is 41.1 Å². The summed E-state index contributed by atoms with van der Waals surface area (Å²) in [6.45, 7) is 6.27. The van der Waals surface area contributed by atoms with E-state index in [-0.39, 0.29) is 24.9 Å². The molecular formula is C16H21ClN2O2. The second-order valence-corrected chi connectivity index (χ2v) is 5.45. The van der Waals surface area contributed by atoms with Gasteiger partial charge in [-0.25, -0.2) is 0 Å². The smallest absolute Gasteiger partial charge is 0.255 e. The first-order valence-corrected chi connectivity index (χ1v) is 6.59. The third-order valence-electron chi connectivity index (χ3n) is 3.28. The molecule has 0 radical (unpaired) electrons. The number of hydrogen-bond donors (Lipinski definition) is 2. The number of nitrogens with two attached hydrogens (primary N) is 1. The molecule has 0 atom stereocenters. The molecule has 1 aromatic carbocycles. The highest BCUT2D eigenvalue weighted by molar-refractivity contribution is 5.94. The average Bonchev–Trinajstić information content (AvgIpc) is 2.87. The maximum atomic E-state index is 12.2. The largest absolute Gasteiger partial charge is 0.467 e. The number of nitrogens with one attached hydrogen (secondary N) is 1. The zero-order chi connectivity index (χ0) is 14.8. The molecule has 1 heterocycles. The fourth-order valence-electron chi connectivity index (χ4n) is 2.07. The van der Waals surface area contributed by atoms with E-state index in [4.69, 9.17) is 10.2 Å². The third-order valence-corrected chi connectivity index (χ3v) is 3.28. The summed E-state index contributed by atoms with van der Waals surface area (Å²) in [5.41, 5.74) is 7.74. The maximum absolute atomic E-state index is 12.2. The zero-order valence-electron chi connectivity index (χ0n) is 12.5. The van der Waals surface area contributed by atoms with Crippen molar-refractivity contribution in [1.29, 1.82) is 0 Å². The van der Waals surface area contributed by atoms with Crippen LogP contribution >= 0.6 is 12.4 Å². The lowest BCUT2D eigenvalue weighted by atomic mass is 9.92. The Balaban J connectivity index is 0.00000220. The number of amides is 1. The summed E-state index contributed by atoms with van der Waals surface area (Å²) in [7, 11) is 0. The van der Waals surface area contributed by atoms with Crippen molar-refractivity contribution in [1.82, 2.24) is 5.32 Å². The first-order valence-electron chi connectivity index (χ1n) is 6.59. The molecule has 3 N–H and O–H groups in total. The van der Waals surface area contributed by atoms with Gasteiger partial charge in [0.25, 0.3) is 5.91 Å². The SMILES string of the molecule is Cc1cccc(C(C)(C)NC(=O)c2coc(CN)c2)c1.Cl. The van der Waals surface area contributed by atoms with Crippen LogP contribution in [0.5, 0.6) is 0 Å². The van der Waals surface area contributed by atoms with Crippen molar-refractivity contribution in [3.05, 3.63) is 59.0 Å². The van der Waals surface area contributed by atoms with E-state index in [1.165, 1.54) is 11.8 Å². The van der Waals surface area contributed by atoms with E-state index in [1.807, 2.05) is 39.0 Å². The topological polar surface area (TPSA) is 68.3 Å². The average molecular weight is 309 g/mol. The maximum Gasteiger partial charge on any atom is 0.255 e. The Kier molecular flexibility index (Phi) is 5.58. The van der Waals surface area contributed by atoms with Crippen LogP contribution in [0.2, 0.25) is 0 Å². The summed E-state index contributed by atoms with van der Waals surface area (Å²) in [5, 5.41) is 3.01. The summed E-state index contributed by atoms with van der Waals surface area (Å²) in [6.07, 6.45) is 1.43. The van der Waals surface area contributed by atoms with Gasteiger partial charge in [-0.2, -0.15) is 0 Å². The van der Waals surface area contributed by atoms with Crippen molar-refractivity contribution >= 4 is 18.3 Å². The summed E-state index contributed by atoms with van der Waals surface area (Å²) >= 11 is 0. The van der Waals surface area contributed by atoms with Crippen molar-refractivity contribution in [2.75, 3.05) is 0 Å². The van der Waals surface area contributed by atoms with Crippen LogP contribution in [-0.4, -0.2) is 5.91 Å². The van der Waals surface area contributed by atoms with E-state index in [0.29, 0.717) is 11.3 Å². The minimum atomic E-state index is -0.455. The van der Waals surface area contributed by atoms with Gasteiger partial charge in [0.05, 0.1) is 17.6 Å². The Hall–Kier alpha value is -1.78. The summed E-state index contributed by atoms with van der Waals surface area (Å²) < 4.78 is 5.19. The number of carbonyl (C=O) groups excluding carboxylic acids is 1. The van der Waals surface area contributed by atoms with Gasteiger partial charge in [-0.05, 0) is 32.4 Å². The summed E-state index contributed by atoms with van der Waals surface area (Å²) in [5.74, 6) is 0.434. The highest BCUT2D eigenvalue weighted by Gasteiger charge is 2.24. The molecular weight excluding hydrogens is 288 g/mol. The normalized spacial score (nSPS) is 10.9. The lowest BCUT2D eigenvalue weighted by Crippen LogP contribution is -2.40. The van der Waals surface area contributed by atoms with Gasteiger partial charge in [-0.1, -0.05) is 29.8 Å². The van der Waals surface area contributed by atoms with Crippen molar-refractivity contribution < 1.29 is 9.21 Å². The molecule has 0 unspecified atom stereocenters. The minimum absolute atomic E-state index is 0. The van der Waals surface area contributed by atoms with Crippen LogP contribution in [0.4, 0.5) is 0 Å². The van der Waals surface area contributed by atoms with Crippen LogP contribution in [-0.2, 0) is 12.1 Å². The Bertz CT molecular complexity index is 620. The number of furan rings is 1. The molecule has 0 aliphatic carbocycles.